The second-order valence-electron chi connectivity index (χ2n) is 7.01. The zero-order chi connectivity index (χ0) is 21.0. The van der Waals surface area contributed by atoms with Crippen molar-refractivity contribution < 1.29 is 17.5 Å². The fourth-order valence-electron chi connectivity index (χ4n) is 3.50. The molecule has 8 heteroatoms. The van der Waals surface area contributed by atoms with Crippen LogP contribution in [0.25, 0.3) is 11.1 Å². The second kappa shape index (κ2) is 9.00. The molecule has 1 heterocycles. The highest BCUT2D eigenvalue weighted by molar-refractivity contribution is 7.92. The first kappa shape index (κ1) is 21.4. The molecule has 2 aromatic carbocycles. The predicted molar refractivity (Wildman–Crippen MR) is 116 cm³/mol. The minimum Gasteiger partial charge on any atom is -0.494 e. The standard InChI is InChI=1S/C21H28FN3O3S/c1-4-24-10-12-25(13-11-24)18-14-19(16-6-8-17(22)9-7-16)21(28-3)20(15-18)23-29(26,27)5-2/h6-9,14-15,23H,4-5,10-13H2,1-3H3. The summed E-state index contributed by atoms with van der Waals surface area (Å²) in [6.07, 6.45) is 0. The largest absolute Gasteiger partial charge is 0.494 e. The first-order valence-corrected chi connectivity index (χ1v) is 11.5. The number of nitrogens with one attached hydrogen (secondary N) is 1. The highest BCUT2D eigenvalue weighted by atomic mass is 32.2. The molecular formula is C21H28FN3O3S. The van der Waals surface area contributed by atoms with E-state index in [0.717, 1.165) is 49.5 Å². The third kappa shape index (κ3) is 5.00. The molecule has 0 aromatic heterocycles. The quantitative estimate of drug-likeness (QED) is 0.742. The number of halogens is 1. The Hall–Kier alpha value is -2.32. The summed E-state index contributed by atoms with van der Waals surface area (Å²) >= 11 is 0. The zero-order valence-electron chi connectivity index (χ0n) is 17.1. The number of methoxy groups -OCH3 is 1. The molecule has 1 aliphatic heterocycles. The lowest BCUT2D eigenvalue weighted by atomic mass is 10.0. The first-order valence-electron chi connectivity index (χ1n) is 9.82. The van der Waals surface area contributed by atoms with Gasteiger partial charge in [0.25, 0.3) is 0 Å². The van der Waals surface area contributed by atoms with Crippen LogP contribution in [0.4, 0.5) is 15.8 Å². The number of sulfonamides is 1. The molecule has 0 bridgehead atoms. The molecule has 0 saturated carbocycles. The van der Waals surface area contributed by atoms with Gasteiger partial charge in [0.05, 0.1) is 18.6 Å². The highest BCUT2D eigenvalue weighted by Crippen LogP contribution is 2.41. The van der Waals surface area contributed by atoms with Crippen molar-refractivity contribution in [2.75, 3.05) is 55.2 Å². The van der Waals surface area contributed by atoms with Crippen LogP contribution in [0.1, 0.15) is 13.8 Å². The topological polar surface area (TPSA) is 61.9 Å². The van der Waals surface area contributed by atoms with Gasteiger partial charge in [-0.1, -0.05) is 19.1 Å². The van der Waals surface area contributed by atoms with E-state index in [1.807, 2.05) is 12.1 Å². The van der Waals surface area contributed by atoms with E-state index < -0.39 is 10.0 Å². The van der Waals surface area contributed by atoms with Gasteiger partial charge in [-0.2, -0.15) is 0 Å². The van der Waals surface area contributed by atoms with Gasteiger partial charge in [0.1, 0.15) is 5.82 Å². The molecule has 0 unspecified atom stereocenters. The molecule has 1 fully saturated rings. The Kier molecular flexibility index (Phi) is 6.64. The molecule has 6 nitrogen and oxygen atoms in total. The Morgan fingerprint density at radius 2 is 1.72 bits per heavy atom. The van der Waals surface area contributed by atoms with Crippen molar-refractivity contribution in [1.29, 1.82) is 0 Å². The molecule has 3 rings (SSSR count). The van der Waals surface area contributed by atoms with Crippen molar-refractivity contribution in [3.8, 4) is 16.9 Å². The van der Waals surface area contributed by atoms with Crippen LogP contribution in [0.15, 0.2) is 36.4 Å². The van der Waals surface area contributed by atoms with Gasteiger partial charge in [-0.25, -0.2) is 12.8 Å². The van der Waals surface area contributed by atoms with Crippen LogP contribution < -0.4 is 14.4 Å². The molecule has 29 heavy (non-hydrogen) atoms. The first-order chi connectivity index (χ1) is 13.9. The van der Waals surface area contributed by atoms with Crippen molar-refractivity contribution in [3.63, 3.8) is 0 Å². The fourth-order valence-corrected chi connectivity index (χ4v) is 4.13. The summed E-state index contributed by atoms with van der Waals surface area (Å²) in [6, 6.07) is 9.92. The number of nitrogens with zero attached hydrogens (tertiary/aromatic N) is 2. The maximum atomic E-state index is 13.4. The Bertz CT molecular complexity index is 940. The Morgan fingerprint density at radius 3 is 2.28 bits per heavy atom. The predicted octanol–water partition coefficient (Wildman–Crippen LogP) is 3.40. The van der Waals surface area contributed by atoms with Crippen molar-refractivity contribution >= 4 is 21.4 Å². The van der Waals surface area contributed by atoms with Gasteiger partial charge in [0, 0.05) is 37.4 Å². The lowest BCUT2D eigenvalue weighted by Crippen LogP contribution is -2.46. The number of hydrogen-bond acceptors (Lipinski definition) is 5. The van der Waals surface area contributed by atoms with Crippen molar-refractivity contribution in [2.45, 2.75) is 13.8 Å². The fraction of sp³-hybridized carbons (Fsp3) is 0.429. The SMILES string of the molecule is CCN1CCN(c2cc(NS(=O)(=O)CC)c(OC)c(-c3ccc(F)cc3)c2)CC1. The maximum Gasteiger partial charge on any atom is 0.232 e. The minimum absolute atomic E-state index is 0.0402. The van der Waals surface area contributed by atoms with E-state index >= 15 is 0 Å². The van der Waals surface area contributed by atoms with Crippen LogP contribution in [-0.4, -0.2) is 58.9 Å². The Morgan fingerprint density at radius 1 is 1.07 bits per heavy atom. The molecule has 1 N–H and O–H groups in total. The summed E-state index contributed by atoms with van der Waals surface area (Å²) in [5.74, 6) is 0.0533. The van der Waals surface area contributed by atoms with E-state index in [2.05, 4.69) is 21.4 Å². The third-order valence-corrected chi connectivity index (χ3v) is 6.55. The van der Waals surface area contributed by atoms with Gasteiger partial charge in [0.15, 0.2) is 5.75 Å². The van der Waals surface area contributed by atoms with Crippen molar-refractivity contribution in [3.05, 3.63) is 42.2 Å². The van der Waals surface area contributed by atoms with Crippen LogP contribution in [0.5, 0.6) is 5.75 Å². The molecule has 2 aromatic rings. The van der Waals surface area contributed by atoms with E-state index in [1.165, 1.54) is 19.2 Å². The van der Waals surface area contributed by atoms with Crippen LogP contribution in [0.3, 0.4) is 0 Å². The second-order valence-corrected chi connectivity index (χ2v) is 9.02. The van der Waals surface area contributed by atoms with Crippen LogP contribution in [0.2, 0.25) is 0 Å². The number of anilines is 2. The van der Waals surface area contributed by atoms with E-state index in [-0.39, 0.29) is 11.6 Å². The van der Waals surface area contributed by atoms with Gasteiger partial charge >= 0.3 is 0 Å². The summed E-state index contributed by atoms with van der Waals surface area (Å²) in [4.78, 5) is 4.62. The number of ether oxygens (including phenoxy) is 1. The lowest BCUT2D eigenvalue weighted by molar-refractivity contribution is 0.271. The summed E-state index contributed by atoms with van der Waals surface area (Å²) in [5, 5.41) is 0. The maximum absolute atomic E-state index is 13.4. The smallest absolute Gasteiger partial charge is 0.232 e. The van der Waals surface area contributed by atoms with E-state index in [4.69, 9.17) is 4.74 Å². The molecule has 0 radical (unpaired) electrons. The molecular weight excluding hydrogens is 393 g/mol. The van der Waals surface area contributed by atoms with E-state index in [1.54, 1.807) is 19.1 Å². The highest BCUT2D eigenvalue weighted by Gasteiger charge is 2.22. The third-order valence-electron chi connectivity index (χ3n) is 5.26. The summed E-state index contributed by atoms with van der Waals surface area (Å²) in [7, 11) is -1.98. The Labute approximate surface area is 172 Å². The molecule has 1 aliphatic rings. The number of rotatable bonds is 7. The molecule has 0 atom stereocenters. The molecule has 1 saturated heterocycles. The monoisotopic (exact) mass is 421 g/mol. The summed E-state index contributed by atoms with van der Waals surface area (Å²) in [5.41, 5.74) is 2.78. The number of piperazine rings is 1. The minimum atomic E-state index is -3.49. The Balaban J connectivity index is 2.09. The average Bonchev–Trinajstić information content (AvgIpc) is 2.73. The van der Waals surface area contributed by atoms with Gasteiger partial charge in [-0.3, -0.25) is 4.72 Å². The molecule has 0 amide bonds. The summed E-state index contributed by atoms with van der Waals surface area (Å²) in [6.45, 7) is 8.34. The normalized spacial score (nSPS) is 15.4. The lowest BCUT2D eigenvalue weighted by Gasteiger charge is -2.36. The van der Waals surface area contributed by atoms with Crippen LogP contribution in [0, 0.1) is 5.82 Å². The molecule has 0 spiro atoms. The molecule has 0 aliphatic carbocycles. The van der Waals surface area contributed by atoms with Gasteiger partial charge in [-0.05, 0) is 43.3 Å². The number of hydrogen-bond donors (Lipinski definition) is 1. The van der Waals surface area contributed by atoms with Crippen LogP contribution in [-0.2, 0) is 10.0 Å². The van der Waals surface area contributed by atoms with Crippen molar-refractivity contribution in [1.82, 2.24) is 4.90 Å². The molecule has 158 valence electrons. The zero-order valence-corrected chi connectivity index (χ0v) is 17.9. The van der Waals surface area contributed by atoms with Gasteiger partial charge in [0.2, 0.25) is 10.0 Å². The number of likely N-dealkylation sites (N-methyl/N-ethyl adjacent to an activating group) is 1. The average molecular weight is 422 g/mol. The van der Waals surface area contributed by atoms with Crippen molar-refractivity contribution in [2.24, 2.45) is 0 Å². The number of benzene rings is 2. The van der Waals surface area contributed by atoms with Crippen LogP contribution >= 0.6 is 0 Å². The van der Waals surface area contributed by atoms with E-state index in [0.29, 0.717) is 11.4 Å². The summed E-state index contributed by atoms with van der Waals surface area (Å²) < 4.78 is 46.2. The van der Waals surface area contributed by atoms with E-state index in [9.17, 15) is 12.8 Å². The van der Waals surface area contributed by atoms with Gasteiger partial charge < -0.3 is 14.5 Å². The van der Waals surface area contributed by atoms with Gasteiger partial charge in [-0.15, -0.1) is 0 Å².